The smallest absolute Gasteiger partial charge is 0.253 e. The van der Waals surface area contributed by atoms with Crippen molar-refractivity contribution >= 4 is 5.91 Å². The topological polar surface area (TPSA) is 77.3 Å². The number of hydrogen-bond acceptors (Lipinski definition) is 5. The lowest BCUT2D eigenvalue weighted by molar-refractivity contribution is -0.122. The van der Waals surface area contributed by atoms with Crippen LogP contribution in [0.25, 0.3) is 0 Å². The molecule has 0 aliphatic heterocycles. The van der Waals surface area contributed by atoms with Crippen molar-refractivity contribution in [2.75, 3.05) is 6.54 Å². The van der Waals surface area contributed by atoms with Crippen LogP contribution in [0.3, 0.4) is 0 Å². The molecule has 1 N–H and O–H groups in total. The van der Waals surface area contributed by atoms with Gasteiger partial charge in [-0.05, 0) is 56.4 Å². The molecule has 1 fully saturated rings. The average molecular weight is 329 g/mol. The van der Waals surface area contributed by atoms with Crippen LogP contribution in [-0.4, -0.2) is 22.6 Å². The standard InChI is InChI=1S/C18H23N3O3/c1-12-8-13(2)10-15(9-12)23-11-17-21-20-16(24-17)4-3-7-19-18(22)14-5-6-14/h8-10,14H,3-7,11H2,1-2H3,(H,19,22). The molecule has 1 aliphatic rings. The second kappa shape index (κ2) is 7.47. The van der Waals surface area contributed by atoms with Crippen molar-refractivity contribution < 1.29 is 13.9 Å². The Morgan fingerprint density at radius 1 is 1.21 bits per heavy atom. The number of benzene rings is 1. The first-order valence-corrected chi connectivity index (χ1v) is 8.40. The molecular weight excluding hydrogens is 306 g/mol. The molecule has 1 aliphatic carbocycles. The van der Waals surface area contributed by atoms with Gasteiger partial charge in [0, 0.05) is 18.9 Å². The number of ether oxygens (including phenoxy) is 1. The quantitative estimate of drug-likeness (QED) is 0.754. The summed E-state index contributed by atoms with van der Waals surface area (Å²) in [5.41, 5.74) is 2.31. The minimum Gasteiger partial charge on any atom is -0.484 e. The zero-order valence-corrected chi connectivity index (χ0v) is 14.2. The van der Waals surface area contributed by atoms with Crippen molar-refractivity contribution in [2.24, 2.45) is 5.92 Å². The fraction of sp³-hybridized carbons (Fsp3) is 0.500. The summed E-state index contributed by atoms with van der Waals surface area (Å²) in [6, 6.07) is 6.05. The first-order chi connectivity index (χ1) is 11.6. The van der Waals surface area contributed by atoms with E-state index in [1.807, 2.05) is 26.0 Å². The Hall–Kier alpha value is -2.37. The van der Waals surface area contributed by atoms with Crippen molar-refractivity contribution in [3.05, 3.63) is 41.1 Å². The van der Waals surface area contributed by atoms with Crippen LogP contribution in [0, 0.1) is 19.8 Å². The van der Waals surface area contributed by atoms with Crippen LogP contribution >= 0.6 is 0 Å². The highest BCUT2D eigenvalue weighted by Crippen LogP contribution is 2.28. The largest absolute Gasteiger partial charge is 0.484 e. The van der Waals surface area contributed by atoms with Crippen molar-refractivity contribution in [2.45, 2.75) is 46.1 Å². The molecule has 2 aromatic rings. The zero-order valence-electron chi connectivity index (χ0n) is 14.2. The second-order valence-corrected chi connectivity index (χ2v) is 6.37. The average Bonchev–Trinajstić information content (AvgIpc) is 3.29. The Labute approximate surface area is 141 Å². The molecule has 6 nitrogen and oxygen atoms in total. The maximum atomic E-state index is 11.5. The lowest BCUT2D eigenvalue weighted by atomic mass is 10.1. The summed E-state index contributed by atoms with van der Waals surface area (Å²) in [4.78, 5) is 11.5. The van der Waals surface area contributed by atoms with Crippen molar-refractivity contribution in [1.82, 2.24) is 15.5 Å². The summed E-state index contributed by atoms with van der Waals surface area (Å²) in [5, 5.41) is 10.9. The molecule has 0 spiro atoms. The third kappa shape index (κ3) is 4.81. The molecule has 0 saturated heterocycles. The molecule has 3 rings (SSSR count). The zero-order chi connectivity index (χ0) is 16.9. The summed E-state index contributed by atoms with van der Waals surface area (Å²) in [6.45, 7) is 4.97. The summed E-state index contributed by atoms with van der Waals surface area (Å²) < 4.78 is 11.3. The van der Waals surface area contributed by atoms with E-state index in [1.165, 1.54) is 0 Å². The summed E-state index contributed by atoms with van der Waals surface area (Å²) in [6.07, 6.45) is 3.50. The maximum absolute atomic E-state index is 11.5. The highest BCUT2D eigenvalue weighted by Gasteiger charge is 2.28. The monoisotopic (exact) mass is 329 g/mol. The maximum Gasteiger partial charge on any atom is 0.253 e. The van der Waals surface area contributed by atoms with Gasteiger partial charge in [-0.2, -0.15) is 0 Å². The van der Waals surface area contributed by atoms with E-state index in [0.717, 1.165) is 36.1 Å². The van der Waals surface area contributed by atoms with Gasteiger partial charge in [0.1, 0.15) is 5.75 Å². The van der Waals surface area contributed by atoms with Gasteiger partial charge in [-0.1, -0.05) is 6.07 Å². The van der Waals surface area contributed by atoms with Gasteiger partial charge in [-0.15, -0.1) is 10.2 Å². The fourth-order valence-corrected chi connectivity index (χ4v) is 2.55. The molecule has 1 aromatic carbocycles. The molecule has 24 heavy (non-hydrogen) atoms. The van der Waals surface area contributed by atoms with E-state index in [-0.39, 0.29) is 18.4 Å². The summed E-state index contributed by atoms with van der Waals surface area (Å²) >= 11 is 0. The van der Waals surface area contributed by atoms with Gasteiger partial charge in [-0.25, -0.2) is 0 Å². The van der Waals surface area contributed by atoms with E-state index < -0.39 is 0 Å². The number of carbonyl (C=O) groups is 1. The third-order valence-electron chi connectivity index (χ3n) is 3.88. The Morgan fingerprint density at radius 2 is 1.92 bits per heavy atom. The first-order valence-electron chi connectivity index (χ1n) is 8.40. The van der Waals surface area contributed by atoms with E-state index in [0.29, 0.717) is 24.7 Å². The van der Waals surface area contributed by atoms with Gasteiger partial charge >= 0.3 is 0 Å². The van der Waals surface area contributed by atoms with Gasteiger partial charge in [0.05, 0.1) is 0 Å². The number of rotatable bonds is 8. The highest BCUT2D eigenvalue weighted by molar-refractivity contribution is 5.80. The Balaban J connectivity index is 1.40. The number of aromatic nitrogens is 2. The third-order valence-corrected chi connectivity index (χ3v) is 3.88. The van der Waals surface area contributed by atoms with Crippen molar-refractivity contribution in [3.63, 3.8) is 0 Å². The van der Waals surface area contributed by atoms with Gasteiger partial charge in [-0.3, -0.25) is 4.79 Å². The number of nitrogens with one attached hydrogen (secondary N) is 1. The first kappa shape index (κ1) is 16.5. The van der Waals surface area contributed by atoms with E-state index in [4.69, 9.17) is 9.15 Å². The van der Waals surface area contributed by atoms with Crippen molar-refractivity contribution in [1.29, 1.82) is 0 Å². The molecule has 0 atom stereocenters. The Bertz CT molecular complexity index is 687. The lowest BCUT2D eigenvalue weighted by Gasteiger charge is -2.05. The number of carbonyl (C=O) groups excluding carboxylic acids is 1. The molecule has 0 radical (unpaired) electrons. The molecule has 1 aromatic heterocycles. The molecule has 1 heterocycles. The number of amides is 1. The molecule has 6 heteroatoms. The number of aryl methyl sites for hydroxylation is 3. The van der Waals surface area contributed by atoms with Crippen LogP contribution in [0.2, 0.25) is 0 Å². The van der Waals surface area contributed by atoms with Crippen LogP contribution in [0.15, 0.2) is 22.6 Å². The normalized spacial score (nSPS) is 13.8. The van der Waals surface area contributed by atoms with Gasteiger partial charge in [0.15, 0.2) is 6.61 Å². The lowest BCUT2D eigenvalue weighted by Crippen LogP contribution is -2.26. The highest BCUT2D eigenvalue weighted by atomic mass is 16.5. The molecule has 128 valence electrons. The predicted octanol–water partition coefficient (Wildman–Crippen LogP) is 2.72. The van der Waals surface area contributed by atoms with E-state index in [2.05, 4.69) is 21.6 Å². The fourth-order valence-electron chi connectivity index (χ4n) is 2.55. The van der Waals surface area contributed by atoms with Crippen molar-refractivity contribution in [3.8, 4) is 5.75 Å². The minimum absolute atomic E-state index is 0.170. The van der Waals surface area contributed by atoms with E-state index in [1.54, 1.807) is 0 Å². The number of hydrogen-bond donors (Lipinski definition) is 1. The Kier molecular flexibility index (Phi) is 5.13. The molecule has 0 unspecified atom stereocenters. The van der Waals surface area contributed by atoms with Crippen LogP contribution < -0.4 is 10.1 Å². The van der Waals surface area contributed by atoms with Gasteiger partial charge < -0.3 is 14.5 Å². The number of nitrogens with zero attached hydrogens (tertiary/aromatic N) is 2. The van der Waals surface area contributed by atoms with Gasteiger partial charge in [0.25, 0.3) is 5.89 Å². The van der Waals surface area contributed by atoms with Crippen LogP contribution in [0.1, 0.15) is 42.2 Å². The molecule has 1 saturated carbocycles. The van der Waals surface area contributed by atoms with Gasteiger partial charge in [0.2, 0.25) is 11.8 Å². The predicted molar refractivity (Wildman–Crippen MR) is 88.6 cm³/mol. The van der Waals surface area contributed by atoms with Crippen LogP contribution in [-0.2, 0) is 17.8 Å². The molecular formula is C18H23N3O3. The van der Waals surface area contributed by atoms with Crippen LogP contribution in [0.5, 0.6) is 5.75 Å². The molecule has 1 amide bonds. The second-order valence-electron chi connectivity index (χ2n) is 6.37. The minimum atomic E-state index is 0.170. The van der Waals surface area contributed by atoms with Crippen LogP contribution in [0.4, 0.5) is 0 Å². The summed E-state index contributed by atoms with van der Waals surface area (Å²) in [5.74, 6) is 2.27. The SMILES string of the molecule is Cc1cc(C)cc(OCc2nnc(CCCNC(=O)C3CC3)o2)c1. The summed E-state index contributed by atoms with van der Waals surface area (Å²) in [7, 11) is 0. The van der Waals surface area contributed by atoms with E-state index in [9.17, 15) is 4.79 Å². The molecule has 0 bridgehead atoms. The van der Waals surface area contributed by atoms with E-state index >= 15 is 0 Å². The Morgan fingerprint density at radius 3 is 2.62 bits per heavy atom.